The molecule has 0 fully saturated rings. The summed E-state index contributed by atoms with van der Waals surface area (Å²) in [6.07, 6.45) is 4.98. The van der Waals surface area contributed by atoms with E-state index < -0.39 is 11.8 Å². The van der Waals surface area contributed by atoms with Crippen molar-refractivity contribution in [1.82, 2.24) is 0 Å². The lowest BCUT2D eigenvalue weighted by atomic mass is 9.88. The maximum absolute atomic E-state index is 11.2. The van der Waals surface area contributed by atoms with E-state index in [0.717, 1.165) is 31.8 Å². The third-order valence-corrected chi connectivity index (χ3v) is 2.82. The highest BCUT2D eigenvalue weighted by Gasteiger charge is 2.37. The number of hydrogen-bond donors (Lipinski definition) is 1. The van der Waals surface area contributed by atoms with Crippen molar-refractivity contribution in [3.05, 3.63) is 12.7 Å². The number of rotatable bonds is 8. The van der Waals surface area contributed by atoms with Crippen molar-refractivity contribution < 1.29 is 14.6 Å². The normalized spacial score (nSPS) is 16.2. The first kappa shape index (κ1) is 15.2. The monoisotopic (exact) mass is 228 g/mol. The smallest absolute Gasteiger partial charge is 0.332 e. The summed E-state index contributed by atoms with van der Waals surface area (Å²) in [6.45, 7) is 9.38. The fraction of sp³-hybridized carbons (Fsp3) is 0.769. The molecular formula is C13H24O3. The first-order valence-electron chi connectivity index (χ1n) is 6.11. The molecule has 3 nitrogen and oxygen atoms in total. The van der Waals surface area contributed by atoms with Gasteiger partial charge < -0.3 is 9.84 Å². The number of carbonyl (C=O) groups excluding carboxylic acids is 1. The van der Waals surface area contributed by atoms with E-state index in [1.807, 2.05) is 13.8 Å². The molecular weight excluding hydrogens is 204 g/mol. The molecule has 94 valence electrons. The van der Waals surface area contributed by atoms with Gasteiger partial charge in [-0.3, -0.25) is 0 Å². The van der Waals surface area contributed by atoms with E-state index in [-0.39, 0.29) is 5.92 Å². The van der Waals surface area contributed by atoms with Gasteiger partial charge in [0.15, 0.2) is 0 Å². The van der Waals surface area contributed by atoms with Gasteiger partial charge >= 0.3 is 5.97 Å². The second-order valence-electron chi connectivity index (χ2n) is 4.11. The minimum atomic E-state index is -1.33. The van der Waals surface area contributed by atoms with Crippen molar-refractivity contribution in [2.45, 2.75) is 58.7 Å². The highest BCUT2D eigenvalue weighted by atomic mass is 16.7. The third kappa shape index (κ3) is 4.35. The standard InChI is InChI=1S/C13H24O3/c1-5-9-11(7-3)13(15,10-6-2)16-12(14)8-4/h8,11,15H,4-7,9-10H2,1-3H3. The van der Waals surface area contributed by atoms with Crippen LogP contribution in [0.1, 0.15) is 52.9 Å². The molecule has 0 aromatic heterocycles. The molecule has 2 atom stereocenters. The van der Waals surface area contributed by atoms with Crippen LogP contribution in [0.25, 0.3) is 0 Å². The Bertz CT molecular complexity index is 225. The van der Waals surface area contributed by atoms with Crippen LogP contribution in [0.15, 0.2) is 12.7 Å². The maximum atomic E-state index is 11.2. The van der Waals surface area contributed by atoms with E-state index in [9.17, 15) is 9.90 Å². The van der Waals surface area contributed by atoms with Gasteiger partial charge in [0.05, 0.1) is 0 Å². The lowest BCUT2D eigenvalue weighted by molar-refractivity contribution is -0.232. The van der Waals surface area contributed by atoms with E-state index in [0.29, 0.717) is 6.42 Å². The van der Waals surface area contributed by atoms with Crippen LogP contribution in [0.3, 0.4) is 0 Å². The van der Waals surface area contributed by atoms with Crippen molar-refractivity contribution in [3.8, 4) is 0 Å². The van der Waals surface area contributed by atoms with Crippen LogP contribution >= 0.6 is 0 Å². The van der Waals surface area contributed by atoms with Crippen molar-refractivity contribution in [2.75, 3.05) is 0 Å². The van der Waals surface area contributed by atoms with Crippen LogP contribution in [0.2, 0.25) is 0 Å². The highest BCUT2D eigenvalue weighted by Crippen LogP contribution is 2.31. The van der Waals surface area contributed by atoms with E-state index in [4.69, 9.17) is 4.74 Å². The van der Waals surface area contributed by atoms with Crippen molar-refractivity contribution >= 4 is 5.97 Å². The van der Waals surface area contributed by atoms with Gasteiger partial charge in [0, 0.05) is 18.4 Å². The SMILES string of the molecule is C=CC(=O)OC(O)(CCC)C(CC)CCC. The molecule has 0 aromatic rings. The molecule has 0 aromatic carbocycles. The van der Waals surface area contributed by atoms with Crippen LogP contribution in [0, 0.1) is 5.92 Å². The maximum Gasteiger partial charge on any atom is 0.332 e. The molecule has 0 saturated heterocycles. The Balaban J connectivity index is 4.74. The zero-order chi connectivity index (χ0) is 12.6. The number of esters is 1. The Morgan fingerprint density at radius 2 is 2.06 bits per heavy atom. The molecule has 0 radical (unpaired) electrons. The summed E-state index contributed by atoms with van der Waals surface area (Å²) in [5.74, 6) is -1.88. The Morgan fingerprint density at radius 3 is 2.44 bits per heavy atom. The van der Waals surface area contributed by atoms with E-state index in [2.05, 4.69) is 13.5 Å². The largest absolute Gasteiger partial charge is 0.430 e. The molecule has 0 aliphatic rings. The molecule has 0 bridgehead atoms. The van der Waals surface area contributed by atoms with Crippen LogP contribution < -0.4 is 0 Å². The minimum absolute atomic E-state index is 0.00125. The Morgan fingerprint density at radius 1 is 1.44 bits per heavy atom. The van der Waals surface area contributed by atoms with Crippen molar-refractivity contribution in [1.29, 1.82) is 0 Å². The number of aliphatic hydroxyl groups is 1. The van der Waals surface area contributed by atoms with Crippen molar-refractivity contribution in [2.24, 2.45) is 5.92 Å². The second kappa shape index (κ2) is 7.44. The van der Waals surface area contributed by atoms with E-state index >= 15 is 0 Å². The summed E-state index contributed by atoms with van der Waals surface area (Å²) in [7, 11) is 0. The molecule has 0 aliphatic carbocycles. The fourth-order valence-electron chi connectivity index (χ4n) is 2.01. The lowest BCUT2D eigenvalue weighted by Gasteiger charge is -2.34. The minimum Gasteiger partial charge on any atom is -0.430 e. The molecule has 0 saturated carbocycles. The first-order valence-corrected chi connectivity index (χ1v) is 6.11. The molecule has 0 rings (SSSR count). The van der Waals surface area contributed by atoms with Crippen molar-refractivity contribution in [3.63, 3.8) is 0 Å². The molecule has 16 heavy (non-hydrogen) atoms. The van der Waals surface area contributed by atoms with Crippen LogP contribution in [0.4, 0.5) is 0 Å². The summed E-state index contributed by atoms with van der Waals surface area (Å²) in [6, 6.07) is 0. The molecule has 1 N–H and O–H groups in total. The van der Waals surface area contributed by atoms with Gasteiger partial charge in [0.2, 0.25) is 5.79 Å². The molecule has 3 heteroatoms. The van der Waals surface area contributed by atoms with E-state index in [1.54, 1.807) is 0 Å². The van der Waals surface area contributed by atoms with Crippen LogP contribution in [-0.4, -0.2) is 16.9 Å². The predicted molar refractivity (Wildman–Crippen MR) is 64.8 cm³/mol. The summed E-state index contributed by atoms with van der Waals surface area (Å²) in [4.78, 5) is 11.2. The van der Waals surface area contributed by atoms with Crippen LogP contribution in [-0.2, 0) is 9.53 Å². The average Bonchev–Trinajstić information content (AvgIpc) is 2.25. The second-order valence-corrected chi connectivity index (χ2v) is 4.11. The predicted octanol–water partition coefficient (Wildman–Crippen LogP) is 3.03. The summed E-state index contributed by atoms with van der Waals surface area (Å²) < 4.78 is 5.13. The average molecular weight is 228 g/mol. The van der Waals surface area contributed by atoms with Gasteiger partial charge in [-0.1, -0.05) is 33.8 Å². The van der Waals surface area contributed by atoms with Gasteiger partial charge in [0.25, 0.3) is 0 Å². The third-order valence-electron chi connectivity index (χ3n) is 2.82. The molecule has 2 unspecified atom stereocenters. The molecule has 0 heterocycles. The summed E-state index contributed by atoms with van der Waals surface area (Å²) in [5, 5.41) is 10.4. The van der Waals surface area contributed by atoms with Gasteiger partial charge in [-0.15, -0.1) is 0 Å². The molecule has 0 spiro atoms. The summed E-state index contributed by atoms with van der Waals surface area (Å²) >= 11 is 0. The van der Waals surface area contributed by atoms with Crippen LogP contribution in [0.5, 0.6) is 0 Å². The zero-order valence-corrected chi connectivity index (χ0v) is 10.7. The number of ether oxygens (including phenoxy) is 1. The Kier molecular flexibility index (Phi) is 7.06. The van der Waals surface area contributed by atoms with Gasteiger partial charge in [-0.2, -0.15) is 0 Å². The number of hydrogen-bond acceptors (Lipinski definition) is 3. The number of carbonyl (C=O) groups is 1. The quantitative estimate of drug-likeness (QED) is 0.394. The Hall–Kier alpha value is -0.830. The van der Waals surface area contributed by atoms with E-state index in [1.165, 1.54) is 0 Å². The highest BCUT2D eigenvalue weighted by molar-refractivity contribution is 5.81. The zero-order valence-electron chi connectivity index (χ0n) is 10.7. The van der Waals surface area contributed by atoms with Gasteiger partial charge in [-0.25, -0.2) is 4.79 Å². The topological polar surface area (TPSA) is 46.5 Å². The summed E-state index contributed by atoms with van der Waals surface area (Å²) in [5.41, 5.74) is 0. The van der Waals surface area contributed by atoms with Gasteiger partial charge in [-0.05, 0) is 19.3 Å². The fourth-order valence-corrected chi connectivity index (χ4v) is 2.01. The van der Waals surface area contributed by atoms with Gasteiger partial charge in [0.1, 0.15) is 0 Å². The molecule has 0 amide bonds. The molecule has 0 aliphatic heterocycles. The lowest BCUT2D eigenvalue weighted by Crippen LogP contribution is -2.42. The first-order chi connectivity index (χ1) is 7.53. The Labute approximate surface area is 98.5 Å².